The molecule has 0 saturated carbocycles. The third-order valence-corrected chi connectivity index (χ3v) is 5.94. The summed E-state index contributed by atoms with van der Waals surface area (Å²) >= 11 is 0. The molecule has 0 spiro atoms. The first-order valence-electron chi connectivity index (χ1n) is 12.0. The summed E-state index contributed by atoms with van der Waals surface area (Å²) in [6.45, 7) is 9.52. The average molecular weight is 484 g/mol. The molecule has 0 atom stereocenters. The molecule has 0 aliphatic carbocycles. The van der Waals surface area contributed by atoms with Gasteiger partial charge in [-0.2, -0.15) is 5.10 Å². The molecule has 1 aromatic carbocycles. The van der Waals surface area contributed by atoms with E-state index in [0.29, 0.717) is 54.8 Å². The quantitative estimate of drug-likeness (QED) is 0.246. The first kappa shape index (κ1) is 24.9. The summed E-state index contributed by atoms with van der Waals surface area (Å²) in [6, 6.07) is 10.9. The summed E-state index contributed by atoms with van der Waals surface area (Å²) < 4.78 is 22.2. The van der Waals surface area contributed by atoms with Crippen molar-refractivity contribution in [3.05, 3.63) is 53.2 Å². The minimum atomic E-state index is -0.395. The Morgan fingerprint density at radius 2 is 1.77 bits per heavy atom. The van der Waals surface area contributed by atoms with E-state index >= 15 is 0 Å². The van der Waals surface area contributed by atoms with Crippen LogP contribution in [0.3, 0.4) is 0 Å². The second-order valence-corrected chi connectivity index (χ2v) is 8.23. The van der Waals surface area contributed by atoms with E-state index in [1.165, 1.54) is 0 Å². The third-order valence-electron chi connectivity index (χ3n) is 5.94. The molecule has 3 heterocycles. The fourth-order valence-electron chi connectivity index (χ4n) is 4.09. The maximum absolute atomic E-state index is 12.2. The van der Waals surface area contributed by atoms with Gasteiger partial charge in [0.05, 0.1) is 44.3 Å². The van der Waals surface area contributed by atoms with E-state index in [0.717, 1.165) is 51.6 Å². The zero-order valence-corrected chi connectivity index (χ0v) is 20.1. The van der Waals surface area contributed by atoms with Crippen molar-refractivity contribution in [1.82, 2.24) is 9.88 Å². The maximum Gasteiger partial charge on any atom is 0.338 e. The van der Waals surface area contributed by atoms with Crippen LogP contribution in [-0.4, -0.2) is 93.9 Å². The average Bonchev–Trinajstić information content (AvgIpc) is 2.90. The Bertz CT molecular complexity index is 1020. The fourth-order valence-corrected chi connectivity index (χ4v) is 4.09. The predicted molar refractivity (Wildman–Crippen MR) is 132 cm³/mol. The van der Waals surface area contributed by atoms with Crippen LogP contribution in [0, 0.1) is 0 Å². The molecule has 10 heteroatoms. The van der Waals surface area contributed by atoms with Crippen LogP contribution < -0.4 is 15.5 Å². The highest BCUT2D eigenvalue weighted by atomic mass is 16.5. The summed E-state index contributed by atoms with van der Waals surface area (Å²) in [7, 11) is 0. The molecule has 4 rings (SSSR count). The first-order chi connectivity index (χ1) is 17.2. The molecular formula is C25H33N5O5. The highest BCUT2D eigenvalue weighted by Crippen LogP contribution is 2.24. The van der Waals surface area contributed by atoms with Crippen LogP contribution in [0.2, 0.25) is 0 Å². The van der Waals surface area contributed by atoms with Crippen molar-refractivity contribution in [2.75, 3.05) is 77.3 Å². The van der Waals surface area contributed by atoms with Gasteiger partial charge >= 0.3 is 5.97 Å². The molecule has 0 amide bonds. The van der Waals surface area contributed by atoms with Gasteiger partial charge in [0.25, 0.3) is 0 Å². The molecule has 2 fully saturated rings. The number of hydrogen-bond acceptors (Lipinski definition) is 10. The molecule has 2 N–H and O–H groups in total. The largest absolute Gasteiger partial charge is 0.476 e. The molecular weight excluding hydrogens is 450 g/mol. The Labute approximate surface area is 205 Å². The van der Waals surface area contributed by atoms with E-state index in [-0.39, 0.29) is 0 Å². The first-order valence-corrected chi connectivity index (χ1v) is 12.0. The monoisotopic (exact) mass is 483 g/mol. The van der Waals surface area contributed by atoms with Crippen molar-refractivity contribution in [1.29, 1.82) is 0 Å². The normalized spacial score (nSPS) is 17.3. The Morgan fingerprint density at radius 1 is 1.06 bits per heavy atom. The van der Waals surface area contributed by atoms with E-state index in [1.807, 2.05) is 18.2 Å². The number of pyridine rings is 1. The molecule has 2 aliphatic heterocycles. The molecule has 0 unspecified atom stereocenters. The van der Waals surface area contributed by atoms with Crippen molar-refractivity contribution in [3.63, 3.8) is 0 Å². The molecule has 0 radical (unpaired) electrons. The number of nitrogens with two attached hydrogens (primary N) is 1. The van der Waals surface area contributed by atoms with E-state index in [2.05, 4.69) is 14.9 Å². The zero-order valence-electron chi connectivity index (χ0n) is 20.1. The van der Waals surface area contributed by atoms with Gasteiger partial charge in [-0.1, -0.05) is 12.1 Å². The Balaban J connectivity index is 1.59. The lowest BCUT2D eigenvalue weighted by Gasteiger charge is -2.29. The summed E-state index contributed by atoms with van der Waals surface area (Å²) in [5, 5.41) is 4.04. The van der Waals surface area contributed by atoms with E-state index in [4.69, 9.17) is 29.8 Å². The van der Waals surface area contributed by atoms with Gasteiger partial charge in [-0.25, -0.2) is 9.78 Å². The third kappa shape index (κ3) is 6.68. The van der Waals surface area contributed by atoms with E-state index in [1.54, 1.807) is 25.1 Å². The highest BCUT2D eigenvalue weighted by molar-refractivity contribution is 6.12. The molecule has 1 aromatic heterocycles. The number of carbonyl (C=O) groups is 1. The van der Waals surface area contributed by atoms with Gasteiger partial charge in [0.15, 0.2) is 0 Å². The zero-order chi connectivity index (χ0) is 24.5. The second-order valence-electron chi connectivity index (χ2n) is 8.23. The predicted octanol–water partition coefficient (Wildman–Crippen LogP) is 1.52. The van der Waals surface area contributed by atoms with Crippen LogP contribution in [0.5, 0.6) is 5.88 Å². The Kier molecular flexibility index (Phi) is 8.88. The maximum atomic E-state index is 12.2. The number of hydrazone groups is 1. The summed E-state index contributed by atoms with van der Waals surface area (Å²) in [5.41, 5.74) is 3.09. The SMILES string of the molecule is CCOC(=O)c1cccc(C(=NN)c2cc(N3CCOCC3)cc(OCCN3CCOCC3)n2)c1. The number of morpholine rings is 2. The van der Waals surface area contributed by atoms with Gasteiger partial charge < -0.3 is 29.7 Å². The van der Waals surface area contributed by atoms with Crippen LogP contribution in [0.15, 0.2) is 41.5 Å². The molecule has 188 valence electrons. The number of ether oxygens (including phenoxy) is 4. The number of benzene rings is 1. The molecule has 35 heavy (non-hydrogen) atoms. The highest BCUT2D eigenvalue weighted by Gasteiger charge is 2.19. The fraction of sp³-hybridized carbons (Fsp3) is 0.480. The number of nitrogens with zero attached hydrogens (tertiary/aromatic N) is 4. The number of hydrogen-bond donors (Lipinski definition) is 1. The minimum Gasteiger partial charge on any atom is -0.476 e. The standard InChI is InChI=1S/C25H33N5O5/c1-2-34-25(31)20-5-3-4-19(16-20)24(28-26)22-17-21(30-9-13-33-14-10-30)18-23(27-22)35-15-8-29-6-11-32-12-7-29/h3-5,16-18H,2,6-15,26H2,1H3. The summed E-state index contributed by atoms with van der Waals surface area (Å²) in [4.78, 5) is 21.5. The number of aromatic nitrogens is 1. The van der Waals surface area contributed by atoms with E-state index in [9.17, 15) is 4.79 Å². The number of anilines is 1. The molecule has 10 nitrogen and oxygen atoms in total. The number of esters is 1. The lowest BCUT2D eigenvalue weighted by Crippen LogP contribution is -2.38. The summed E-state index contributed by atoms with van der Waals surface area (Å²) in [6.07, 6.45) is 0. The van der Waals surface area contributed by atoms with Crippen LogP contribution >= 0.6 is 0 Å². The van der Waals surface area contributed by atoms with Crippen LogP contribution in [0.4, 0.5) is 5.69 Å². The number of rotatable bonds is 9. The van der Waals surface area contributed by atoms with Crippen LogP contribution in [0.25, 0.3) is 0 Å². The lowest BCUT2D eigenvalue weighted by molar-refractivity contribution is 0.0320. The van der Waals surface area contributed by atoms with Gasteiger partial charge in [0, 0.05) is 50.0 Å². The van der Waals surface area contributed by atoms with Gasteiger partial charge in [-0.15, -0.1) is 0 Å². The second kappa shape index (κ2) is 12.5. The van der Waals surface area contributed by atoms with Gasteiger partial charge in [-0.3, -0.25) is 4.90 Å². The molecule has 2 aliphatic rings. The van der Waals surface area contributed by atoms with Crippen molar-refractivity contribution in [3.8, 4) is 5.88 Å². The molecule has 2 aromatic rings. The van der Waals surface area contributed by atoms with Crippen molar-refractivity contribution in [2.24, 2.45) is 10.9 Å². The lowest BCUT2D eigenvalue weighted by atomic mass is 10.0. The number of carbonyl (C=O) groups excluding carboxylic acids is 1. The van der Waals surface area contributed by atoms with Crippen LogP contribution in [0.1, 0.15) is 28.5 Å². The van der Waals surface area contributed by atoms with Gasteiger partial charge in [0.2, 0.25) is 5.88 Å². The molecule has 2 saturated heterocycles. The van der Waals surface area contributed by atoms with Crippen molar-refractivity contribution < 1.29 is 23.7 Å². The van der Waals surface area contributed by atoms with Crippen molar-refractivity contribution >= 4 is 17.4 Å². The minimum absolute atomic E-state index is 0.301. The van der Waals surface area contributed by atoms with Gasteiger partial charge in [-0.05, 0) is 25.1 Å². The Morgan fingerprint density at radius 3 is 2.49 bits per heavy atom. The summed E-state index contributed by atoms with van der Waals surface area (Å²) in [5.74, 6) is 5.94. The topological polar surface area (TPSA) is 112 Å². The van der Waals surface area contributed by atoms with Crippen LogP contribution in [-0.2, 0) is 14.2 Å². The Hall–Kier alpha value is -3.21. The van der Waals surface area contributed by atoms with E-state index < -0.39 is 5.97 Å². The van der Waals surface area contributed by atoms with Crippen molar-refractivity contribution in [2.45, 2.75) is 6.92 Å². The molecule has 0 bridgehead atoms. The smallest absolute Gasteiger partial charge is 0.338 e. The van der Waals surface area contributed by atoms with Gasteiger partial charge in [0.1, 0.15) is 12.3 Å².